The van der Waals surface area contributed by atoms with Crippen LogP contribution in [0.1, 0.15) is 58.1 Å². The molecular formula is C32H48F2N2O5. The molecule has 0 heterocycles. The summed E-state index contributed by atoms with van der Waals surface area (Å²) in [6.07, 6.45) is 1.42. The summed E-state index contributed by atoms with van der Waals surface area (Å²) in [7, 11) is 3.27. The van der Waals surface area contributed by atoms with Gasteiger partial charge < -0.3 is 30.4 Å². The summed E-state index contributed by atoms with van der Waals surface area (Å²) in [5.74, 6) is -0.843. The first-order valence-corrected chi connectivity index (χ1v) is 14.4. The van der Waals surface area contributed by atoms with E-state index in [0.29, 0.717) is 42.6 Å². The molecule has 4 atom stereocenters. The second-order valence-electron chi connectivity index (χ2n) is 11.4. The molecule has 1 amide bonds. The molecule has 0 spiro atoms. The van der Waals surface area contributed by atoms with Crippen molar-refractivity contribution in [1.82, 2.24) is 5.32 Å². The SMILES string of the molecule is COCCCOc1cc(C[C@@H](C[C@H](N)[C@@H](O)C[C@H](C(=O)NCc2ccc(F)c(F)c2)C(C)C)C(C)C)ccc1OC. The van der Waals surface area contributed by atoms with Crippen molar-refractivity contribution in [3.63, 3.8) is 0 Å². The molecule has 41 heavy (non-hydrogen) atoms. The minimum atomic E-state index is -0.960. The minimum absolute atomic E-state index is 0.0516. The summed E-state index contributed by atoms with van der Waals surface area (Å²) >= 11 is 0. The molecule has 0 aliphatic heterocycles. The van der Waals surface area contributed by atoms with E-state index in [2.05, 4.69) is 19.2 Å². The van der Waals surface area contributed by atoms with E-state index in [1.54, 1.807) is 14.2 Å². The van der Waals surface area contributed by atoms with Crippen molar-refractivity contribution in [2.45, 2.75) is 72.1 Å². The van der Waals surface area contributed by atoms with Crippen LogP contribution in [0.25, 0.3) is 0 Å². The molecule has 230 valence electrons. The summed E-state index contributed by atoms with van der Waals surface area (Å²) in [5.41, 5.74) is 8.05. The van der Waals surface area contributed by atoms with Crippen molar-refractivity contribution in [3.05, 3.63) is 59.2 Å². The van der Waals surface area contributed by atoms with Gasteiger partial charge in [-0.1, -0.05) is 39.8 Å². The molecule has 0 fully saturated rings. The predicted molar refractivity (Wildman–Crippen MR) is 157 cm³/mol. The topological polar surface area (TPSA) is 103 Å². The van der Waals surface area contributed by atoms with Gasteiger partial charge in [0, 0.05) is 38.6 Å². The lowest BCUT2D eigenvalue weighted by Crippen LogP contribution is -2.42. The zero-order chi connectivity index (χ0) is 30.5. The Morgan fingerprint density at radius 2 is 1.63 bits per heavy atom. The van der Waals surface area contributed by atoms with Crippen molar-refractivity contribution in [1.29, 1.82) is 0 Å². The maximum absolute atomic E-state index is 13.5. The van der Waals surface area contributed by atoms with E-state index in [1.165, 1.54) is 6.07 Å². The first-order valence-electron chi connectivity index (χ1n) is 14.4. The third kappa shape index (κ3) is 11.2. The van der Waals surface area contributed by atoms with Crippen LogP contribution in [0.15, 0.2) is 36.4 Å². The van der Waals surface area contributed by atoms with Gasteiger partial charge in [0.2, 0.25) is 5.91 Å². The van der Waals surface area contributed by atoms with Crippen LogP contribution in [0.4, 0.5) is 8.78 Å². The van der Waals surface area contributed by atoms with Crippen LogP contribution in [-0.4, -0.2) is 50.6 Å². The summed E-state index contributed by atoms with van der Waals surface area (Å²) in [4.78, 5) is 13.0. The second kappa shape index (κ2) is 17.3. The number of benzene rings is 2. The number of amides is 1. The van der Waals surface area contributed by atoms with Gasteiger partial charge in [-0.25, -0.2) is 8.78 Å². The molecular weight excluding hydrogens is 530 g/mol. The fraction of sp³-hybridized carbons (Fsp3) is 0.594. The number of carbonyl (C=O) groups excluding carboxylic acids is 1. The molecule has 0 saturated carbocycles. The van der Waals surface area contributed by atoms with Gasteiger partial charge in [0.05, 0.1) is 19.8 Å². The number of nitrogens with one attached hydrogen (secondary N) is 1. The Labute approximate surface area is 243 Å². The number of carbonyl (C=O) groups is 1. The largest absolute Gasteiger partial charge is 0.493 e. The van der Waals surface area contributed by atoms with Gasteiger partial charge in [0.15, 0.2) is 23.1 Å². The highest BCUT2D eigenvalue weighted by Crippen LogP contribution is 2.32. The number of halogens is 2. The Morgan fingerprint density at radius 3 is 2.24 bits per heavy atom. The summed E-state index contributed by atoms with van der Waals surface area (Å²) in [6.45, 7) is 9.30. The zero-order valence-electron chi connectivity index (χ0n) is 25.3. The van der Waals surface area contributed by atoms with Gasteiger partial charge in [-0.2, -0.15) is 0 Å². The molecule has 0 aliphatic rings. The molecule has 2 aromatic carbocycles. The Bertz CT molecular complexity index is 1080. The molecule has 7 nitrogen and oxygen atoms in total. The molecule has 0 bridgehead atoms. The maximum atomic E-state index is 13.5. The Kier molecular flexibility index (Phi) is 14.5. The van der Waals surface area contributed by atoms with Crippen LogP contribution in [-0.2, 0) is 22.5 Å². The first kappa shape index (κ1) is 34.5. The van der Waals surface area contributed by atoms with Crippen molar-refractivity contribution in [3.8, 4) is 11.5 Å². The van der Waals surface area contributed by atoms with Crippen LogP contribution in [0.5, 0.6) is 11.5 Å². The quantitative estimate of drug-likeness (QED) is 0.209. The standard InChI is InChI=1S/C32H48F2N2O5/c1-20(2)24(14-22-9-11-30(40-6)31(16-22)41-13-7-12-39-5)17-28(35)29(37)18-25(21(3)4)32(38)36-19-23-8-10-26(33)27(34)15-23/h8-11,15-16,20-21,24-25,28-29,37H,7,12-14,17-19,35H2,1-6H3,(H,36,38)/t24-,25-,28-,29-/m0/s1. The normalized spacial score (nSPS) is 14.5. The molecule has 0 aromatic heterocycles. The highest BCUT2D eigenvalue weighted by Gasteiger charge is 2.30. The fourth-order valence-corrected chi connectivity index (χ4v) is 4.83. The van der Waals surface area contributed by atoms with Crippen LogP contribution in [0.3, 0.4) is 0 Å². The van der Waals surface area contributed by atoms with E-state index in [4.69, 9.17) is 19.9 Å². The smallest absolute Gasteiger partial charge is 0.223 e. The van der Waals surface area contributed by atoms with E-state index in [1.807, 2.05) is 32.0 Å². The molecule has 9 heteroatoms. The lowest BCUT2D eigenvalue weighted by molar-refractivity contribution is -0.127. The van der Waals surface area contributed by atoms with Crippen molar-refractivity contribution >= 4 is 5.91 Å². The average molecular weight is 579 g/mol. The van der Waals surface area contributed by atoms with E-state index in [0.717, 1.165) is 30.5 Å². The lowest BCUT2D eigenvalue weighted by atomic mass is 9.81. The second-order valence-corrected chi connectivity index (χ2v) is 11.4. The number of nitrogens with two attached hydrogens (primary N) is 1. The van der Waals surface area contributed by atoms with Gasteiger partial charge in [0.25, 0.3) is 0 Å². The number of methoxy groups -OCH3 is 2. The highest BCUT2D eigenvalue weighted by molar-refractivity contribution is 5.78. The van der Waals surface area contributed by atoms with Gasteiger partial charge >= 0.3 is 0 Å². The van der Waals surface area contributed by atoms with Gasteiger partial charge in [0.1, 0.15) is 0 Å². The van der Waals surface area contributed by atoms with Gasteiger partial charge in [-0.3, -0.25) is 4.79 Å². The van der Waals surface area contributed by atoms with Gasteiger partial charge in [-0.05, 0) is 72.4 Å². The molecule has 0 aliphatic carbocycles. The molecule has 2 aromatic rings. The fourth-order valence-electron chi connectivity index (χ4n) is 4.83. The highest BCUT2D eigenvalue weighted by atomic mass is 19.2. The van der Waals surface area contributed by atoms with E-state index in [-0.39, 0.29) is 30.7 Å². The Hall–Kier alpha value is -2.75. The molecule has 2 rings (SSSR count). The van der Waals surface area contributed by atoms with Gasteiger partial charge in [-0.15, -0.1) is 0 Å². The summed E-state index contributed by atoms with van der Waals surface area (Å²) in [5, 5.41) is 13.8. The summed E-state index contributed by atoms with van der Waals surface area (Å²) in [6, 6.07) is 8.92. The van der Waals surface area contributed by atoms with E-state index in [9.17, 15) is 18.7 Å². The zero-order valence-corrected chi connectivity index (χ0v) is 25.3. The monoisotopic (exact) mass is 578 g/mol. The molecule has 0 radical (unpaired) electrons. The summed E-state index contributed by atoms with van der Waals surface area (Å²) < 4.78 is 43.2. The van der Waals surface area contributed by atoms with Crippen LogP contribution >= 0.6 is 0 Å². The van der Waals surface area contributed by atoms with Crippen molar-refractivity contribution in [2.24, 2.45) is 29.4 Å². The average Bonchev–Trinajstić information content (AvgIpc) is 2.93. The third-order valence-corrected chi connectivity index (χ3v) is 7.58. The predicted octanol–water partition coefficient (Wildman–Crippen LogP) is 5.26. The van der Waals surface area contributed by atoms with Crippen molar-refractivity contribution in [2.75, 3.05) is 27.4 Å². The Balaban J connectivity index is 2.01. The number of hydrogen-bond donors (Lipinski definition) is 3. The molecule has 0 unspecified atom stereocenters. The molecule has 4 N–H and O–H groups in total. The van der Waals surface area contributed by atoms with Crippen LogP contribution in [0, 0.1) is 35.3 Å². The van der Waals surface area contributed by atoms with Crippen LogP contribution in [0.2, 0.25) is 0 Å². The first-order chi connectivity index (χ1) is 19.5. The number of aliphatic hydroxyl groups is 1. The Morgan fingerprint density at radius 1 is 0.927 bits per heavy atom. The van der Waals surface area contributed by atoms with E-state index < -0.39 is 29.7 Å². The number of rotatable bonds is 18. The molecule has 0 saturated heterocycles. The third-order valence-electron chi connectivity index (χ3n) is 7.58. The number of ether oxygens (including phenoxy) is 3. The van der Waals surface area contributed by atoms with Crippen molar-refractivity contribution < 1.29 is 32.9 Å². The van der Waals surface area contributed by atoms with E-state index >= 15 is 0 Å². The number of hydrogen-bond acceptors (Lipinski definition) is 6. The lowest BCUT2D eigenvalue weighted by Gasteiger charge is -2.30. The number of aliphatic hydroxyl groups excluding tert-OH is 1. The maximum Gasteiger partial charge on any atom is 0.223 e. The minimum Gasteiger partial charge on any atom is -0.493 e. The van der Waals surface area contributed by atoms with Crippen LogP contribution < -0.4 is 20.5 Å².